The van der Waals surface area contributed by atoms with Gasteiger partial charge in [0.15, 0.2) is 0 Å². The van der Waals surface area contributed by atoms with Gasteiger partial charge in [-0.2, -0.15) is 0 Å². The average molecular weight is 380 g/mol. The third-order valence-electron chi connectivity index (χ3n) is 7.13. The van der Waals surface area contributed by atoms with Gasteiger partial charge in [0.25, 0.3) is 0 Å². The molecular formula is C22H25N3OS. The SMILES string of the molecule is COc1ccc2[nH]c3c(c2c1)CCN1[C@H](c2sccc2C)N2CCC31CC2. The highest BCUT2D eigenvalue weighted by Crippen LogP contribution is 2.55. The summed E-state index contributed by atoms with van der Waals surface area (Å²) < 4.78 is 5.50. The van der Waals surface area contributed by atoms with Crippen LogP contribution in [0.4, 0.5) is 0 Å². The second-order valence-electron chi connectivity index (χ2n) is 8.24. The van der Waals surface area contributed by atoms with Gasteiger partial charge in [-0.25, -0.2) is 0 Å². The normalized spacial score (nSPS) is 29.7. The number of hydrogen-bond donors (Lipinski definition) is 1. The minimum absolute atomic E-state index is 0.162. The molecule has 4 aliphatic heterocycles. The smallest absolute Gasteiger partial charge is 0.119 e. The monoisotopic (exact) mass is 379 g/mol. The van der Waals surface area contributed by atoms with Crippen molar-refractivity contribution in [3.05, 3.63) is 51.3 Å². The first-order valence-electron chi connectivity index (χ1n) is 9.95. The Hall–Kier alpha value is -1.82. The first-order chi connectivity index (χ1) is 13.2. The second-order valence-corrected chi connectivity index (χ2v) is 9.19. The van der Waals surface area contributed by atoms with Gasteiger partial charge in [-0.15, -0.1) is 11.3 Å². The van der Waals surface area contributed by atoms with Crippen LogP contribution in [0.1, 0.15) is 40.7 Å². The zero-order valence-electron chi connectivity index (χ0n) is 15.9. The third kappa shape index (κ3) is 2.05. The summed E-state index contributed by atoms with van der Waals surface area (Å²) in [4.78, 5) is 10.9. The van der Waals surface area contributed by atoms with Crippen molar-refractivity contribution >= 4 is 22.2 Å². The minimum Gasteiger partial charge on any atom is -0.497 e. The van der Waals surface area contributed by atoms with Crippen molar-refractivity contribution in [1.82, 2.24) is 14.8 Å². The first-order valence-corrected chi connectivity index (χ1v) is 10.8. The van der Waals surface area contributed by atoms with Crippen LogP contribution < -0.4 is 4.74 Å². The van der Waals surface area contributed by atoms with Crippen LogP contribution in [0.15, 0.2) is 29.6 Å². The number of nitrogens with zero attached hydrogens (tertiary/aromatic N) is 2. The number of rotatable bonds is 2. The summed E-state index contributed by atoms with van der Waals surface area (Å²) in [7, 11) is 1.76. The lowest BCUT2D eigenvalue weighted by molar-refractivity contribution is -0.148. The van der Waals surface area contributed by atoms with E-state index in [4.69, 9.17) is 4.74 Å². The largest absolute Gasteiger partial charge is 0.497 e. The molecule has 0 aliphatic carbocycles. The Morgan fingerprint density at radius 2 is 2.04 bits per heavy atom. The predicted octanol–water partition coefficient (Wildman–Crippen LogP) is 4.41. The lowest BCUT2D eigenvalue weighted by atomic mass is 9.74. The molecule has 6 heterocycles. The van der Waals surface area contributed by atoms with E-state index in [0.717, 1.165) is 18.7 Å². The van der Waals surface area contributed by atoms with E-state index in [1.807, 2.05) is 11.3 Å². The van der Waals surface area contributed by atoms with E-state index in [0.29, 0.717) is 6.17 Å². The van der Waals surface area contributed by atoms with Gasteiger partial charge in [0, 0.05) is 41.1 Å². The molecule has 140 valence electrons. The van der Waals surface area contributed by atoms with Crippen molar-refractivity contribution < 1.29 is 4.74 Å². The van der Waals surface area contributed by atoms with E-state index >= 15 is 0 Å². The summed E-state index contributed by atoms with van der Waals surface area (Å²) in [5, 5.41) is 3.61. The first kappa shape index (κ1) is 16.2. The molecule has 1 aromatic carbocycles. The molecule has 1 atom stereocenters. The van der Waals surface area contributed by atoms with Crippen molar-refractivity contribution in [1.29, 1.82) is 0 Å². The molecular weight excluding hydrogens is 354 g/mol. The lowest BCUT2D eigenvalue weighted by Gasteiger charge is -2.62. The van der Waals surface area contributed by atoms with Gasteiger partial charge in [0.2, 0.25) is 0 Å². The lowest BCUT2D eigenvalue weighted by Crippen LogP contribution is -2.66. The fourth-order valence-corrected chi connectivity index (χ4v) is 6.86. The average Bonchev–Trinajstić information content (AvgIpc) is 3.30. The Morgan fingerprint density at radius 3 is 2.78 bits per heavy atom. The van der Waals surface area contributed by atoms with Crippen LogP contribution in [-0.4, -0.2) is 41.5 Å². The van der Waals surface area contributed by atoms with Crippen molar-refractivity contribution in [2.45, 2.75) is 37.9 Å². The van der Waals surface area contributed by atoms with Crippen LogP contribution in [-0.2, 0) is 12.0 Å². The van der Waals surface area contributed by atoms with Crippen molar-refractivity contribution in [2.75, 3.05) is 26.7 Å². The summed E-state index contributed by atoms with van der Waals surface area (Å²) in [6, 6.07) is 8.75. The molecule has 0 amide bonds. The van der Waals surface area contributed by atoms with Gasteiger partial charge in [-0.3, -0.25) is 9.80 Å². The van der Waals surface area contributed by atoms with E-state index < -0.39 is 0 Å². The highest BCUT2D eigenvalue weighted by atomic mass is 32.1. The molecule has 4 nitrogen and oxygen atoms in total. The van der Waals surface area contributed by atoms with Gasteiger partial charge < -0.3 is 9.72 Å². The Morgan fingerprint density at radius 1 is 1.19 bits per heavy atom. The molecule has 3 fully saturated rings. The van der Waals surface area contributed by atoms with Crippen molar-refractivity contribution in [2.24, 2.45) is 0 Å². The number of ether oxygens (including phenoxy) is 1. The highest BCUT2D eigenvalue weighted by molar-refractivity contribution is 7.10. The van der Waals surface area contributed by atoms with Gasteiger partial charge >= 0.3 is 0 Å². The topological polar surface area (TPSA) is 31.5 Å². The molecule has 5 heteroatoms. The van der Waals surface area contributed by atoms with E-state index in [-0.39, 0.29) is 5.54 Å². The Labute approximate surface area is 163 Å². The number of fused-ring (bicyclic) bond motifs is 5. The van der Waals surface area contributed by atoms with Gasteiger partial charge in [-0.05, 0) is 67.0 Å². The van der Waals surface area contributed by atoms with Crippen molar-refractivity contribution in [3.63, 3.8) is 0 Å². The number of thiophene rings is 1. The van der Waals surface area contributed by atoms with Crippen LogP contribution in [0.25, 0.3) is 10.9 Å². The fraction of sp³-hybridized carbons (Fsp3) is 0.455. The number of aromatic amines is 1. The van der Waals surface area contributed by atoms with Gasteiger partial charge in [0.1, 0.15) is 5.75 Å². The number of nitrogens with one attached hydrogen (secondary N) is 1. The fourth-order valence-electron chi connectivity index (χ4n) is 5.79. The van der Waals surface area contributed by atoms with Crippen LogP contribution >= 0.6 is 11.3 Å². The second kappa shape index (κ2) is 5.60. The van der Waals surface area contributed by atoms with E-state index in [2.05, 4.69) is 51.4 Å². The molecule has 2 aromatic heterocycles. The molecule has 0 unspecified atom stereocenters. The Kier molecular flexibility index (Phi) is 3.35. The maximum Gasteiger partial charge on any atom is 0.119 e. The van der Waals surface area contributed by atoms with Crippen LogP contribution in [0.5, 0.6) is 5.75 Å². The number of H-pyrrole nitrogens is 1. The number of aryl methyl sites for hydroxylation is 1. The van der Waals surface area contributed by atoms with Crippen LogP contribution in [0.3, 0.4) is 0 Å². The molecule has 3 aromatic rings. The standard InChI is InChI=1S/C22H25N3OS/c1-14-6-12-27-19(14)21-24-10-7-22(8-11-24)20-16(5-9-25(21)22)17-13-15(26-2)3-4-18(17)23-20/h3-4,6,12-13,21,23H,5,7-11H2,1-2H3/t21-/m1/s1. The number of methoxy groups -OCH3 is 1. The van der Waals surface area contributed by atoms with Gasteiger partial charge in [0.05, 0.1) is 18.8 Å². The summed E-state index contributed by atoms with van der Waals surface area (Å²) in [6.07, 6.45) is 4.01. The highest BCUT2D eigenvalue weighted by Gasteiger charge is 2.55. The summed E-state index contributed by atoms with van der Waals surface area (Å²) in [5.41, 5.74) is 5.87. The Balaban J connectivity index is 1.53. The number of piperidine rings is 1. The molecule has 0 saturated carbocycles. The quantitative estimate of drug-likeness (QED) is 0.716. The third-order valence-corrected chi connectivity index (χ3v) is 8.19. The molecule has 3 saturated heterocycles. The molecule has 27 heavy (non-hydrogen) atoms. The van der Waals surface area contributed by atoms with E-state index in [9.17, 15) is 0 Å². The summed E-state index contributed by atoms with van der Waals surface area (Å²) in [5.74, 6) is 0.953. The van der Waals surface area contributed by atoms with Gasteiger partial charge in [-0.1, -0.05) is 0 Å². The maximum absolute atomic E-state index is 5.50. The summed E-state index contributed by atoms with van der Waals surface area (Å²) in [6.45, 7) is 5.79. The van der Waals surface area contributed by atoms with Crippen LogP contribution in [0.2, 0.25) is 0 Å². The minimum atomic E-state index is 0.162. The predicted molar refractivity (Wildman–Crippen MR) is 110 cm³/mol. The maximum atomic E-state index is 5.50. The zero-order chi connectivity index (χ0) is 18.2. The van der Waals surface area contributed by atoms with E-state index in [1.165, 1.54) is 53.7 Å². The van der Waals surface area contributed by atoms with Crippen molar-refractivity contribution in [3.8, 4) is 5.75 Å². The molecule has 1 N–H and O–H groups in total. The molecule has 7 rings (SSSR count). The Bertz CT molecular complexity index is 1030. The number of aromatic nitrogens is 1. The van der Waals surface area contributed by atoms with E-state index in [1.54, 1.807) is 12.0 Å². The number of benzene rings is 1. The summed E-state index contributed by atoms with van der Waals surface area (Å²) >= 11 is 1.93. The number of hydrogen-bond acceptors (Lipinski definition) is 4. The molecule has 2 bridgehead atoms. The molecule has 4 aliphatic rings. The van der Waals surface area contributed by atoms with Crippen LogP contribution in [0, 0.1) is 6.92 Å². The molecule has 1 spiro atoms. The zero-order valence-corrected chi connectivity index (χ0v) is 16.7. The molecule has 0 radical (unpaired) electrons.